The average Bonchev–Trinajstić information content (AvgIpc) is 3.09. The molecule has 5 nitrogen and oxygen atoms in total. The zero-order chi connectivity index (χ0) is 15.1. The number of carbonyl (C=O) groups is 1. The summed E-state index contributed by atoms with van der Waals surface area (Å²) in [4.78, 5) is 12.1. The molecule has 1 saturated carbocycles. The molecule has 2 rings (SSSR count). The molecule has 0 aromatic heterocycles. The van der Waals surface area contributed by atoms with Crippen LogP contribution in [0.25, 0.3) is 0 Å². The molecule has 20 heavy (non-hydrogen) atoms. The highest BCUT2D eigenvalue weighted by atomic mass is 32.2. The fraction of sp³-hybridized carbons (Fsp3) is 0.500. The maximum absolute atomic E-state index is 12.1. The summed E-state index contributed by atoms with van der Waals surface area (Å²) in [5.41, 5.74) is 1.42. The van der Waals surface area contributed by atoms with Gasteiger partial charge in [-0.15, -0.1) is 0 Å². The Bertz CT molecular complexity index is 638. The summed E-state index contributed by atoms with van der Waals surface area (Å²) >= 11 is 0. The fourth-order valence-electron chi connectivity index (χ4n) is 2.02. The first-order valence-electron chi connectivity index (χ1n) is 6.57. The molecule has 1 N–H and O–H groups in total. The predicted octanol–water partition coefficient (Wildman–Crippen LogP) is 1.84. The van der Waals surface area contributed by atoms with E-state index in [1.807, 2.05) is 13.8 Å². The van der Waals surface area contributed by atoms with Crippen LogP contribution in [0.5, 0.6) is 0 Å². The van der Waals surface area contributed by atoms with Gasteiger partial charge < -0.3 is 5.32 Å². The van der Waals surface area contributed by atoms with Gasteiger partial charge in [0.05, 0.1) is 4.90 Å². The van der Waals surface area contributed by atoms with Gasteiger partial charge in [0, 0.05) is 25.7 Å². The summed E-state index contributed by atoms with van der Waals surface area (Å²) in [6.45, 7) is 3.88. The van der Waals surface area contributed by atoms with E-state index in [2.05, 4.69) is 5.32 Å². The Hall–Kier alpha value is -1.40. The molecule has 0 bridgehead atoms. The zero-order valence-electron chi connectivity index (χ0n) is 12.2. The molecule has 1 aromatic rings. The molecule has 1 aliphatic carbocycles. The SMILES string of the molecule is Cc1ccc(S(=O)(=O)N(C)C)cc1NC(=O)[C@@H]1C[C@H]1C. The van der Waals surface area contributed by atoms with Gasteiger partial charge in [0.25, 0.3) is 0 Å². The highest BCUT2D eigenvalue weighted by molar-refractivity contribution is 7.89. The van der Waals surface area contributed by atoms with E-state index in [1.165, 1.54) is 20.2 Å². The smallest absolute Gasteiger partial charge is 0.242 e. The molecule has 0 saturated heterocycles. The fourth-order valence-corrected chi connectivity index (χ4v) is 2.95. The van der Waals surface area contributed by atoms with Gasteiger partial charge in [0.1, 0.15) is 0 Å². The summed E-state index contributed by atoms with van der Waals surface area (Å²) in [7, 11) is -0.514. The van der Waals surface area contributed by atoms with Crippen LogP contribution in [0.2, 0.25) is 0 Å². The van der Waals surface area contributed by atoms with Crippen LogP contribution in [0.15, 0.2) is 23.1 Å². The van der Waals surface area contributed by atoms with Crippen molar-refractivity contribution in [3.05, 3.63) is 23.8 Å². The van der Waals surface area contributed by atoms with Crippen molar-refractivity contribution in [2.75, 3.05) is 19.4 Å². The van der Waals surface area contributed by atoms with Gasteiger partial charge >= 0.3 is 0 Å². The largest absolute Gasteiger partial charge is 0.326 e. The molecule has 2 atom stereocenters. The number of benzene rings is 1. The van der Waals surface area contributed by atoms with Crippen molar-refractivity contribution < 1.29 is 13.2 Å². The summed E-state index contributed by atoms with van der Waals surface area (Å²) in [5.74, 6) is 0.451. The molecule has 110 valence electrons. The number of hydrogen-bond acceptors (Lipinski definition) is 3. The molecule has 0 unspecified atom stereocenters. The van der Waals surface area contributed by atoms with Crippen molar-refractivity contribution in [3.8, 4) is 0 Å². The number of aryl methyl sites for hydroxylation is 1. The first-order chi connectivity index (χ1) is 9.23. The van der Waals surface area contributed by atoms with Gasteiger partial charge in [0.2, 0.25) is 15.9 Å². The number of rotatable bonds is 4. The number of hydrogen-bond donors (Lipinski definition) is 1. The van der Waals surface area contributed by atoms with Gasteiger partial charge in [-0.2, -0.15) is 0 Å². The minimum Gasteiger partial charge on any atom is -0.326 e. The minimum absolute atomic E-state index is 0.0278. The third-order valence-corrected chi connectivity index (χ3v) is 5.50. The molecule has 0 spiro atoms. The van der Waals surface area contributed by atoms with Crippen LogP contribution in [0.1, 0.15) is 18.9 Å². The highest BCUT2D eigenvalue weighted by Gasteiger charge is 2.39. The van der Waals surface area contributed by atoms with Crippen molar-refractivity contribution in [3.63, 3.8) is 0 Å². The number of carbonyl (C=O) groups excluding carboxylic acids is 1. The lowest BCUT2D eigenvalue weighted by Crippen LogP contribution is -2.22. The standard InChI is InChI=1S/C14H20N2O3S/c1-9-5-6-11(20(18,19)16(3)4)8-13(9)15-14(17)12-7-10(12)2/h5-6,8,10,12H,7H2,1-4H3,(H,15,17)/t10-,12-/m1/s1. The number of nitrogens with one attached hydrogen (secondary N) is 1. The predicted molar refractivity (Wildman–Crippen MR) is 78.0 cm³/mol. The van der Waals surface area contributed by atoms with Crippen LogP contribution in [0.3, 0.4) is 0 Å². The molecule has 6 heteroatoms. The lowest BCUT2D eigenvalue weighted by atomic mass is 10.2. The van der Waals surface area contributed by atoms with E-state index in [0.29, 0.717) is 11.6 Å². The van der Waals surface area contributed by atoms with Crippen molar-refractivity contribution in [1.82, 2.24) is 4.31 Å². The Labute approximate surface area is 120 Å². The lowest BCUT2D eigenvalue weighted by molar-refractivity contribution is -0.117. The Balaban J connectivity index is 2.28. The van der Waals surface area contributed by atoms with E-state index >= 15 is 0 Å². The Morgan fingerprint density at radius 2 is 1.95 bits per heavy atom. The molecule has 0 heterocycles. The number of sulfonamides is 1. The highest BCUT2D eigenvalue weighted by Crippen LogP contribution is 2.38. The third kappa shape index (κ3) is 2.86. The van der Waals surface area contributed by atoms with Crippen LogP contribution >= 0.6 is 0 Å². The van der Waals surface area contributed by atoms with Crippen molar-refractivity contribution >= 4 is 21.6 Å². The van der Waals surface area contributed by atoms with Crippen molar-refractivity contribution in [2.45, 2.75) is 25.2 Å². The van der Waals surface area contributed by atoms with Gasteiger partial charge in [-0.1, -0.05) is 13.0 Å². The van der Waals surface area contributed by atoms with E-state index in [0.717, 1.165) is 16.3 Å². The van der Waals surface area contributed by atoms with Gasteiger partial charge in [0.15, 0.2) is 0 Å². The minimum atomic E-state index is -3.49. The Kier molecular flexibility index (Phi) is 3.88. The van der Waals surface area contributed by atoms with Crippen LogP contribution in [-0.4, -0.2) is 32.7 Å². The topological polar surface area (TPSA) is 66.5 Å². The summed E-state index contributed by atoms with van der Waals surface area (Å²) < 4.78 is 25.3. The number of nitrogens with zero attached hydrogens (tertiary/aromatic N) is 1. The maximum Gasteiger partial charge on any atom is 0.242 e. The first kappa shape index (κ1) is 15.0. The average molecular weight is 296 g/mol. The lowest BCUT2D eigenvalue weighted by Gasteiger charge is -2.14. The molecule has 0 radical (unpaired) electrons. The van der Waals surface area contributed by atoms with Crippen molar-refractivity contribution in [2.24, 2.45) is 11.8 Å². The number of amides is 1. The molecule has 0 aliphatic heterocycles. The monoisotopic (exact) mass is 296 g/mol. The summed E-state index contributed by atoms with van der Waals surface area (Å²) in [5, 5.41) is 2.83. The van der Waals surface area contributed by atoms with E-state index < -0.39 is 10.0 Å². The molecular formula is C14H20N2O3S. The number of anilines is 1. The van der Waals surface area contributed by atoms with Gasteiger partial charge in [-0.25, -0.2) is 12.7 Å². The second-order valence-electron chi connectivity index (χ2n) is 5.57. The van der Waals surface area contributed by atoms with Crippen LogP contribution < -0.4 is 5.32 Å². The second kappa shape index (κ2) is 5.18. The molecule has 1 aromatic carbocycles. The quantitative estimate of drug-likeness (QED) is 0.922. The van der Waals surface area contributed by atoms with E-state index in [-0.39, 0.29) is 16.7 Å². The van der Waals surface area contributed by atoms with Crippen LogP contribution in [0.4, 0.5) is 5.69 Å². The zero-order valence-corrected chi connectivity index (χ0v) is 13.0. The van der Waals surface area contributed by atoms with E-state index in [1.54, 1.807) is 12.1 Å². The Morgan fingerprint density at radius 1 is 1.35 bits per heavy atom. The molecule has 1 amide bonds. The third-order valence-electron chi connectivity index (χ3n) is 3.69. The Morgan fingerprint density at radius 3 is 2.45 bits per heavy atom. The summed E-state index contributed by atoms with van der Waals surface area (Å²) in [6.07, 6.45) is 0.903. The van der Waals surface area contributed by atoms with E-state index in [4.69, 9.17) is 0 Å². The van der Waals surface area contributed by atoms with Gasteiger partial charge in [-0.05, 0) is 37.0 Å². The molecule has 1 aliphatic rings. The molecule has 1 fully saturated rings. The maximum atomic E-state index is 12.1. The van der Waals surface area contributed by atoms with Crippen LogP contribution in [-0.2, 0) is 14.8 Å². The van der Waals surface area contributed by atoms with Crippen LogP contribution in [0, 0.1) is 18.8 Å². The van der Waals surface area contributed by atoms with Gasteiger partial charge in [-0.3, -0.25) is 4.79 Å². The normalized spacial score (nSPS) is 21.9. The van der Waals surface area contributed by atoms with E-state index in [9.17, 15) is 13.2 Å². The second-order valence-corrected chi connectivity index (χ2v) is 7.72. The summed E-state index contributed by atoms with van der Waals surface area (Å²) in [6, 6.07) is 4.79. The molecular weight excluding hydrogens is 276 g/mol. The van der Waals surface area contributed by atoms with Crippen molar-refractivity contribution in [1.29, 1.82) is 0 Å². The first-order valence-corrected chi connectivity index (χ1v) is 8.01.